The molecule has 1 heterocycles. The molecule has 0 saturated heterocycles. The molecule has 1 aromatic heterocycles. The van der Waals surface area contributed by atoms with Gasteiger partial charge in [0, 0.05) is 20.1 Å². The van der Waals surface area contributed by atoms with E-state index in [-0.39, 0.29) is 11.7 Å². The molecule has 98 valence electrons. The number of nitrogens with zero attached hydrogens (tertiary/aromatic N) is 4. The maximum atomic E-state index is 11.5. The standard InChI is InChI=1S/C10H15N5O3/c1-3-5-14(2)10(18)11-4-6-15-7-8(9(16)17)12-13-15/h3,7H,1,4-6H2,2H3,(H,11,18)(H,16,17). The largest absolute Gasteiger partial charge is 0.476 e. The quantitative estimate of drug-likeness (QED) is 0.684. The van der Waals surface area contributed by atoms with E-state index in [1.165, 1.54) is 15.8 Å². The van der Waals surface area contributed by atoms with E-state index in [1.807, 2.05) is 0 Å². The third kappa shape index (κ3) is 3.89. The van der Waals surface area contributed by atoms with Crippen LogP contribution in [0.3, 0.4) is 0 Å². The van der Waals surface area contributed by atoms with E-state index in [4.69, 9.17) is 5.11 Å². The third-order valence-electron chi connectivity index (χ3n) is 2.12. The number of carboxylic acids is 1. The van der Waals surface area contributed by atoms with Crippen molar-refractivity contribution < 1.29 is 14.7 Å². The van der Waals surface area contributed by atoms with E-state index in [1.54, 1.807) is 13.1 Å². The normalized spacial score (nSPS) is 9.83. The van der Waals surface area contributed by atoms with Crippen molar-refractivity contribution in [1.82, 2.24) is 25.2 Å². The van der Waals surface area contributed by atoms with E-state index >= 15 is 0 Å². The summed E-state index contributed by atoms with van der Waals surface area (Å²) < 4.78 is 1.36. The van der Waals surface area contributed by atoms with Gasteiger partial charge in [0.15, 0.2) is 5.69 Å². The first-order valence-electron chi connectivity index (χ1n) is 5.28. The summed E-state index contributed by atoms with van der Waals surface area (Å²) in [5, 5.41) is 18.4. The van der Waals surface area contributed by atoms with E-state index in [9.17, 15) is 9.59 Å². The smallest absolute Gasteiger partial charge is 0.358 e. The van der Waals surface area contributed by atoms with Gasteiger partial charge in [-0.15, -0.1) is 11.7 Å². The molecule has 0 bridgehead atoms. The number of carbonyl (C=O) groups is 2. The van der Waals surface area contributed by atoms with Crippen LogP contribution in [0.5, 0.6) is 0 Å². The van der Waals surface area contributed by atoms with Crippen molar-refractivity contribution in [2.24, 2.45) is 0 Å². The van der Waals surface area contributed by atoms with Crippen LogP contribution in [0, 0.1) is 0 Å². The molecule has 0 saturated carbocycles. The number of carboxylic acid groups (broad SMARTS) is 1. The van der Waals surface area contributed by atoms with E-state index < -0.39 is 5.97 Å². The van der Waals surface area contributed by atoms with Crippen LogP contribution in [0.2, 0.25) is 0 Å². The molecule has 0 aliphatic rings. The van der Waals surface area contributed by atoms with Gasteiger partial charge in [0.2, 0.25) is 0 Å². The Hall–Kier alpha value is -2.38. The number of urea groups is 1. The summed E-state index contributed by atoms with van der Waals surface area (Å²) in [6.07, 6.45) is 2.93. The number of hydrogen-bond acceptors (Lipinski definition) is 4. The Labute approximate surface area is 104 Å². The molecule has 8 heteroatoms. The number of carbonyl (C=O) groups excluding carboxylic acids is 1. The second-order valence-corrected chi connectivity index (χ2v) is 3.57. The molecule has 0 spiro atoms. The van der Waals surface area contributed by atoms with Crippen LogP contribution < -0.4 is 5.32 Å². The second kappa shape index (κ2) is 6.38. The van der Waals surface area contributed by atoms with Crippen molar-refractivity contribution in [3.05, 3.63) is 24.5 Å². The Morgan fingerprint density at radius 3 is 2.94 bits per heavy atom. The fourth-order valence-corrected chi connectivity index (χ4v) is 1.19. The fraction of sp³-hybridized carbons (Fsp3) is 0.400. The summed E-state index contributed by atoms with van der Waals surface area (Å²) in [5.41, 5.74) is -0.120. The number of likely N-dealkylation sites (N-methyl/N-ethyl adjacent to an activating group) is 1. The highest BCUT2D eigenvalue weighted by Gasteiger charge is 2.09. The Balaban J connectivity index is 2.34. The topological polar surface area (TPSA) is 100 Å². The summed E-state index contributed by atoms with van der Waals surface area (Å²) in [6.45, 7) is 4.68. The zero-order valence-corrected chi connectivity index (χ0v) is 10.0. The van der Waals surface area contributed by atoms with Gasteiger partial charge in [0.1, 0.15) is 0 Å². The monoisotopic (exact) mass is 253 g/mol. The lowest BCUT2D eigenvalue weighted by atomic mass is 10.5. The SMILES string of the molecule is C=CCN(C)C(=O)NCCn1cc(C(=O)O)nn1. The maximum Gasteiger partial charge on any atom is 0.358 e. The molecule has 2 amide bonds. The second-order valence-electron chi connectivity index (χ2n) is 3.57. The van der Waals surface area contributed by atoms with Crippen LogP contribution in [0.1, 0.15) is 10.5 Å². The molecule has 0 aliphatic heterocycles. The van der Waals surface area contributed by atoms with Gasteiger partial charge in [-0.1, -0.05) is 11.3 Å². The first kappa shape index (κ1) is 13.7. The zero-order chi connectivity index (χ0) is 13.5. The molecule has 1 rings (SSSR count). The van der Waals surface area contributed by atoms with Gasteiger partial charge in [-0.25, -0.2) is 14.3 Å². The lowest BCUT2D eigenvalue weighted by Crippen LogP contribution is -2.38. The molecule has 1 aromatic rings. The highest BCUT2D eigenvalue weighted by Crippen LogP contribution is 1.92. The van der Waals surface area contributed by atoms with E-state index in [0.717, 1.165) is 0 Å². The number of aromatic carboxylic acids is 1. The summed E-state index contributed by atoms with van der Waals surface area (Å²) in [6, 6.07) is -0.228. The first-order valence-corrected chi connectivity index (χ1v) is 5.28. The van der Waals surface area contributed by atoms with Crippen molar-refractivity contribution in [2.45, 2.75) is 6.54 Å². The predicted octanol–water partition coefficient (Wildman–Crippen LogP) is -0.196. The molecule has 0 unspecified atom stereocenters. The molecule has 0 aromatic carbocycles. The molecular formula is C10H15N5O3. The van der Waals surface area contributed by atoms with Crippen LogP contribution in [0.15, 0.2) is 18.9 Å². The summed E-state index contributed by atoms with van der Waals surface area (Å²) in [4.78, 5) is 23.5. The molecule has 18 heavy (non-hydrogen) atoms. The van der Waals surface area contributed by atoms with E-state index in [0.29, 0.717) is 19.6 Å². The minimum absolute atomic E-state index is 0.120. The Morgan fingerprint density at radius 2 is 2.39 bits per heavy atom. The lowest BCUT2D eigenvalue weighted by Gasteiger charge is -2.15. The summed E-state index contributed by atoms with van der Waals surface area (Å²) in [5.74, 6) is -1.13. The number of nitrogens with one attached hydrogen (secondary N) is 1. The van der Waals surface area contributed by atoms with Crippen LogP contribution in [0.4, 0.5) is 4.79 Å². The molecule has 0 atom stereocenters. The van der Waals surface area contributed by atoms with Gasteiger partial charge in [0.05, 0.1) is 12.7 Å². The highest BCUT2D eigenvalue weighted by molar-refractivity contribution is 5.84. The van der Waals surface area contributed by atoms with Gasteiger partial charge in [0.25, 0.3) is 0 Å². The van der Waals surface area contributed by atoms with Gasteiger partial charge in [-0.05, 0) is 0 Å². The first-order chi connectivity index (χ1) is 8.54. The average Bonchev–Trinajstić information content (AvgIpc) is 2.78. The van der Waals surface area contributed by atoms with E-state index in [2.05, 4.69) is 22.2 Å². The average molecular weight is 253 g/mol. The molecule has 0 radical (unpaired) electrons. The van der Waals surface area contributed by atoms with Crippen molar-refractivity contribution in [1.29, 1.82) is 0 Å². The number of amides is 2. The van der Waals surface area contributed by atoms with Gasteiger partial charge < -0.3 is 15.3 Å². The van der Waals surface area contributed by atoms with Crippen molar-refractivity contribution >= 4 is 12.0 Å². The third-order valence-corrected chi connectivity index (χ3v) is 2.12. The Kier molecular flexibility index (Phi) is 4.85. The Bertz CT molecular complexity index is 442. The molecular weight excluding hydrogens is 238 g/mol. The van der Waals surface area contributed by atoms with Crippen LogP contribution in [-0.4, -0.2) is 57.1 Å². The predicted molar refractivity (Wildman–Crippen MR) is 63.2 cm³/mol. The van der Waals surface area contributed by atoms with Gasteiger partial charge >= 0.3 is 12.0 Å². The van der Waals surface area contributed by atoms with Crippen molar-refractivity contribution in [3.8, 4) is 0 Å². The molecule has 0 fully saturated rings. The minimum Gasteiger partial charge on any atom is -0.476 e. The Morgan fingerprint density at radius 1 is 1.67 bits per heavy atom. The maximum absolute atomic E-state index is 11.5. The van der Waals surface area contributed by atoms with Crippen LogP contribution in [0.25, 0.3) is 0 Å². The van der Waals surface area contributed by atoms with Crippen molar-refractivity contribution in [2.75, 3.05) is 20.1 Å². The molecule has 0 aliphatic carbocycles. The van der Waals surface area contributed by atoms with Crippen molar-refractivity contribution in [3.63, 3.8) is 0 Å². The summed E-state index contributed by atoms with van der Waals surface area (Å²) in [7, 11) is 1.65. The zero-order valence-electron chi connectivity index (χ0n) is 10.0. The highest BCUT2D eigenvalue weighted by atomic mass is 16.4. The fourth-order valence-electron chi connectivity index (χ4n) is 1.19. The number of rotatable bonds is 6. The minimum atomic E-state index is -1.13. The molecule has 2 N–H and O–H groups in total. The van der Waals surface area contributed by atoms with Gasteiger partial charge in [-0.3, -0.25) is 0 Å². The lowest BCUT2D eigenvalue weighted by molar-refractivity contribution is 0.0690. The number of aromatic nitrogens is 3. The van der Waals surface area contributed by atoms with Crippen LogP contribution >= 0.6 is 0 Å². The van der Waals surface area contributed by atoms with Crippen LogP contribution in [-0.2, 0) is 6.54 Å². The van der Waals surface area contributed by atoms with Gasteiger partial charge in [-0.2, -0.15) is 0 Å². The molecule has 8 nitrogen and oxygen atoms in total. The summed E-state index contributed by atoms with van der Waals surface area (Å²) >= 11 is 0. The number of hydrogen-bond donors (Lipinski definition) is 2.